The van der Waals surface area contributed by atoms with Gasteiger partial charge in [-0.2, -0.15) is 4.98 Å². The molecule has 1 aliphatic heterocycles. The van der Waals surface area contributed by atoms with Gasteiger partial charge in [-0.05, 0) is 42.9 Å². The van der Waals surface area contributed by atoms with Gasteiger partial charge in [-0.25, -0.2) is 4.98 Å². The number of benzene rings is 2. The number of ether oxygens (including phenoxy) is 2. The Morgan fingerprint density at radius 3 is 2.61 bits per heavy atom. The van der Waals surface area contributed by atoms with Crippen molar-refractivity contribution in [1.82, 2.24) is 14.9 Å². The Morgan fingerprint density at radius 2 is 1.84 bits per heavy atom. The summed E-state index contributed by atoms with van der Waals surface area (Å²) in [6.45, 7) is 2.64. The molecule has 0 aliphatic carbocycles. The van der Waals surface area contributed by atoms with Crippen molar-refractivity contribution in [1.29, 1.82) is 0 Å². The van der Waals surface area contributed by atoms with Crippen LogP contribution in [0.2, 0.25) is 0 Å². The minimum absolute atomic E-state index is 0.189. The maximum Gasteiger partial charge on any atom is 0.228 e. The van der Waals surface area contributed by atoms with Crippen molar-refractivity contribution in [2.24, 2.45) is 0 Å². The zero-order chi connectivity index (χ0) is 21.6. The average molecular weight is 419 g/mol. The lowest BCUT2D eigenvalue weighted by molar-refractivity contribution is 0.170. The quantitative estimate of drug-likeness (QED) is 0.571. The monoisotopic (exact) mass is 418 g/mol. The fraction of sp³-hybridized carbons (Fsp3) is 0.360. The van der Waals surface area contributed by atoms with E-state index in [0.29, 0.717) is 5.88 Å². The van der Waals surface area contributed by atoms with E-state index < -0.39 is 0 Å². The van der Waals surface area contributed by atoms with Gasteiger partial charge in [0.15, 0.2) is 0 Å². The molecule has 2 heterocycles. The summed E-state index contributed by atoms with van der Waals surface area (Å²) < 4.78 is 11.6. The molecule has 2 aromatic carbocycles. The summed E-state index contributed by atoms with van der Waals surface area (Å²) in [5, 5.41) is 0. The fourth-order valence-corrected chi connectivity index (χ4v) is 3.98. The number of piperidine rings is 1. The van der Waals surface area contributed by atoms with Crippen LogP contribution in [0, 0.1) is 0 Å². The lowest BCUT2D eigenvalue weighted by Crippen LogP contribution is -2.39. The first kappa shape index (κ1) is 21.1. The number of aromatic nitrogens is 2. The summed E-state index contributed by atoms with van der Waals surface area (Å²) in [7, 11) is 5.82. The largest absolute Gasteiger partial charge is 0.490 e. The van der Waals surface area contributed by atoms with Crippen molar-refractivity contribution < 1.29 is 9.47 Å². The predicted molar refractivity (Wildman–Crippen MR) is 124 cm³/mol. The van der Waals surface area contributed by atoms with Gasteiger partial charge in [-0.1, -0.05) is 36.4 Å². The second-order valence-corrected chi connectivity index (χ2v) is 8.13. The van der Waals surface area contributed by atoms with Gasteiger partial charge in [0.05, 0.1) is 7.11 Å². The Labute approximate surface area is 184 Å². The van der Waals surface area contributed by atoms with E-state index in [0.717, 1.165) is 44.2 Å². The standard InChI is InChI=1S/C25H30N4O2/c1-28(2)18-20-7-4-5-10-23(20)19-8-6-9-22(17-19)31-21-12-15-29(16-13-21)25-26-14-11-24(27-25)30-3/h4-11,14,17,21H,12-13,15-16,18H2,1-3H3. The Morgan fingerprint density at radius 1 is 1.03 bits per heavy atom. The van der Waals surface area contributed by atoms with Gasteiger partial charge in [-0.15, -0.1) is 0 Å². The number of hydrogen-bond donors (Lipinski definition) is 0. The number of hydrogen-bond acceptors (Lipinski definition) is 6. The summed E-state index contributed by atoms with van der Waals surface area (Å²) in [5.74, 6) is 2.24. The molecule has 0 N–H and O–H groups in total. The van der Waals surface area contributed by atoms with Crippen molar-refractivity contribution in [2.45, 2.75) is 25.5 Å². The molecule has 1 saturated heterocycles. The Balaban J connectivity index is 1.41. The van der Waals surface area contributed by atoms with Crippen LogP contribution >= 0.6 is 0 Å². The lowest BCUT2D eigenvalue weighted by atomic mass is 9.99. The van der Waals surface area contributed by atoms with Crippen LogP contribution < -0.4 is 14.4 Å². The van der Waals surface area contributed by atoms with E-state index in [2.05, 4.69) is 82.4 Å². The number of methoxy groups -OCH3 is 1. The maximum absolute atomic E-state index is 6.36. The van der Waals surface area contributed by atoms with Gasteiger partial charge in [0.2, 0.25) is 11.8 Å². The second kappa shape index (κ2) is 9.79. The first-order valence-corrected chi connectivity index (χ1v) is 10.7. The molecule has 0 atom stereocenters. The predicted octanol–water partition coefficient (Wildman–Crippen LogP) is 4.26. The van der Waals surface area contributed by atoms with Crippen molar-refractivity contribution in [3.8, 4) is 22.8 Å². The van der Waals surface area contributed by atoms with E-state index in [1.54, 1.807) is 19.4 Å². The van der Waals surface area contributed by atoms with Crippen molar-refractivity contribution in [2.75, 3.05) is 39.2 Å². The molecule has 1 fully saturated rings. The zero-order valence-corrected chi connectivity index (χ0v) is 18.5. The molecule has 4 rings (SSSR count). The molecule has 0 spiro atoms. The normalized spacial score (nSPS) is 14.6. The Bertz CT molecular complexity index is 1000. The van der Waals surface area contributed by atoms with Crippen molar-refractivity contribution >= 4 is 5.95 Å². The molecule has 0 saturated carbocycles. The molecular weight excluding hydrogens is 388 g/mol. The minimum atomic E-state index is 0.189. The summed E-state index contributed by atoms with van der Waals surface area (Å²) in [4.78, 5) is 13.2. The molecule has 3 aromatic rings. The summed E-state index contributed by atoms with van der Waals surface area (Å²) >= 11 is 0. The lowest BCUT2D eigenvalue weighted by Gasteiger charge is -2.32. The Kier molecular flexibility index (Phi) is 6.67. The van der Waals surface area contributed by atoms with Crippen LogP contribution in [-0.2, 0) is 6.54 Å². The third kappa shape index (κ3) is 5.33. The molecule has 6 heteroatoms. The van der Waals surface area contributed by atoms with E-state index in [1.807, 2.05) is 0 Å². The van der Waals surface area contributed by atoms with Crippen LogP contribution in [0.1, 0.15) is 18.4 Å². The van der Waals surface area contributed by atoms with Crippen LogP contribution in [-0.4, -0.2) is 55.3 Å². The van der Waals surface area contributed by atoms with Crippen LogP contribution in [0.3, 0.4) is 0 Å². The molecule has 1 aliphatic rings. The van der Waals surface area contributed by atoms with Crippen LogP contribution in [0.4, 0.5) is 5.95 Å². The molecule has 6 nitrogen and oxygen atoms in total. The summed E-state index contributed by atoms with van der Waals surface area (Å²) in [5.41, 5.74) is 3.76. The van der Waals surface area contributed by atoms with E-state index in [4.69, 9.17) is 9.47 Å². The number of rotatable bonds is 7. The van der Waals surface area contributed by atoms with E-state index in [1.165, 1.54) is 16.7 Å². The first-order valence-electron chi connectivity index (χ1n) is 10.7. The molecule has 0 unspecified atom stereocenters. The highest BCUT2D eigenvalue weighted by Gasteiger charge is 2.22. The third-order valence-corrected chi connectivity index (χ3v) is 5.50. The smallest absolute Gasteiger partial charge is 0.228 e. The molecule has 162 valence electrons. The molecule has 0 bridgehead atoms. The number of nitrogens with zero attached hydrogens (tertiary/aromatic N) is 4. The second-order valence-electron chi connectivity index (χ2n) is 8.13. The highest BCUT2D eigenvalue weighted by atomic mass is 16.5. The summed E-state index contributed by atoms with van der Waals surface area (Å²) in [6.07, 6.45) is 3.79. The fourth-order valence-electron chi connectivity index (χ4n) is 3.98. The molecule has 31 heavy (non-hydrogen) atoms. The van der Waals surface area contributed by atoms with Crippen LogP contribution in [0.5, 0.6) is 11.6 Å². The van der Waals surface area contributed by atoms with Gasteiger partial charge < -0.3 is 19.3 Å². The highest BCUT2D eigenvalue weighted by Crippen LogP contribution is 2.29. The third-order valence-electron chi connectivity index (χ3n) is 5.50. The van der Waals surface area contributed by atoms with Gasteiger partial charge in [0.1, 0.15) is 11.9 Å². The van der Waals surface area contributed by atoms with E-state index in [-0.39, 0.29) is 6.10 Å². The van der Waals surface area contributed by atoms with Crippen molar-refractivity contribution in [3.63, 3.8) is 0 Å². The van der Waals surface area contributed by atoms with E-state index >= 15 is 0 Å². The topological polar surface area (TPSA) is 50.7 Å². The molecule has 0 amide bonds. The molecular formula is C25H30N4O2. The van der Waals surface area contributed by atoms with Crippen LogP contribution in [0.15, 0.2) is 60.8 Å². The average Bonchev–Trinajstić information content (AvgIpc) is 2.80. The van der Waals surface area contributed by atoms with Gasteiger partial charge >= 0.3 is 0 Å². The minimum Gasteiger partial charge on any atom is -0.490 e. The van der Waals surface area contributed by atoms with Crippen molar-refractivity contribution in [3.05, 3.63) is 66.4 Å². The SMILES string of the molecule is COc1ccnc(N2CCC(Oc3cccc(-c4ccccc4CN(C)C)c3)CC2)n1. The van der Waals surface area contributed by atoms with Crippen LogP contribution in [0.25, 0.3) is 11.1 Å². The Hall–Kier alpha value is -3.12. The zero-order valence-electron chi connectivity index (χ0n) is 18.5. The molecule has 1 aromatic heterocycles. The first-order chi connectivity index (χ1) is 15.1. The van der Waals surface area contributed by atoms with Gasteiger partial charge in [0, 0.05) is 44.7 Å². The molecule has 0 radical (unpaired) electrons. The summed E-state index contributed by atoms with van der Waals surface area (Å²) in [6, 6.07) is 18.8. The maximum atomic E-state index is 6.36. The van der Waals surface area contributed by atoms with Gasteiger partial charge in [-0.3, -0.25) is 0 Å². The van der Waals surface area contributed by atoms with Gasteiger partial charge in [0.25, 0.3) is 0 Å². The number of anilines is 1. The van der Waals surface area contributed by atoms with E-state index in [9.17, 15) is 0 Å². The highest BCUT2D eigenvalue weighted by molar-refractivity contribution is 5.68.